The van der Waals surface area contributed by atoms with Gasteiger partial charge in [-0.05, 0) is 30.5 Å². The van der Waals surface area contributed by atoms with Gasteiger partial charge in [0.15, 0.2) is 9.84 Å². The Balaban J connectivity index is 1.90. The third kappa shape index (κ3) is 3.71. The number of rotatable bonds is 3. The minimum Gasteiger partial charge on any atom is -0.426 e. The standard InChI is InChI=1S/C12H13ClO4S/c13-10-2-1-3-11(7-10)17-12(14)6-9-4-5-18(15,16)8-9/h1-3,7,9H,4-6,8H2. The molecule has 1 aromatic rings. The molecular formula is C12H13ClO4S. The molecule has 0 aromatic heterocycles. The molecule has 98 valence electrons. The van der Waals surface area contributed by atoms with E-state index in [4.69, 9.17) is 16.3 Å². The number of hydrogen-bond donors (Lipinski definition) is 0. The Bertz CT molecular complexity index is 553. The molecule has 18 heavy (non-hydrogen) atoms. The topological polar surface area (TPSA) is 60.4 Å². The van der Waals surface area contributed by atoms with Crippen LogP contribution < -0.4 is 4.74 Å². The first-order chi connectivity index (χ1) is 8.44. The highest BCUT2D eigenvalue weighted by atomic mass is 35.5. The summed E-state index contributed by atoms with van der Waals surface area (Å²) in [4.78, 5) is 11.6. The molecule has 2 rings (SSSR count). The lowest BCUT2D eigenvalue weighted by molar-refractivity contribution is -0.135. The molecule has 1 saturated heterocycles. The van der Waals surface area contributed by atoms with Gasteiger partial charge in [0.05, 0.1) is 11.5 Å². The van der Waals surface area contributed by atoms with Crippen LogP contribution in [0.5, 0.6) is 5.75 Å². The van der Waals surface area contributed by atoms with E-state index in [0.717, 1.165) is 0 Å². The van der Waals surface area contributed by atoms with Crippen LogP contribution in [-0.4, -0.2) is 25.9 Å². The maximum Gasteiger partial charge on any atom is 0.311 e. The first-order valence-electron chi connectivity index (χ1n) is 5.61. The highest BCUT2D eigenvalue weighted by Crippen LogP contribution is 2.23. The largest absolute Gasteiger partial charge is 0.426 e. The van der Waals surface area contributed by atoms with E-state index in [2.05, 4.69) is 0 Å². The number of esters is 1. The number of benzene rings is 1. The third-order valence-electron chi connectivity index (χ3n) is 2.81. The minimum absolute atomic E-state index is 0.0810. The van der Waals surface area contributed by atoms with Crippen molar-refractivity contribution in [3.05, 3.63) is 29.3 Å². The van der Waals surface area contributed by atoms with Crippen molar-refractivity contribution in [1.82, 2.24) is 0 Å². The van der Waals surface area contributed by atoms with Gasteiger partial charge >= 0.3 is 5.97 Å². The summed E-state index contributed by atoms with van der Waals surface area (Å²) >= 11 is 5.77. The van der Waals surface area contributed by atoms with Crippen LogP contribution in [0.3, 0.4) is 0 Å². The first-order valence-corrected chi connectivity index (χ1v) is 7.81. The van der Waals surface area contributed by atoms with Gasteiger partial charge in [0.1, 0.15) is 5.75 Å². The van der Waals surface area contributed by atoms with E-state index in [1.54, 1.807) is 24.3 Å². The summed E-state index contributed by atoms with van der Waals surface area (Å²) in [6, 6.07) is 6.55. The van der Waals surface area contributed by atoms with Gasteiger partial charge in [-0.2, -0.15) is 0 Å². The van der Waals surface area contributed by atoms with E-state index in [1.807, 2.05) is 0 Å². The minimum atomic E-state index is -2.95. The molecule has 1 aliphatic rings. The van der Waals surface area contributed by atoms with Crippen LogP contribution in [0.2, 0.25) is 5.02 Å². The number of halogens is 1. The molecule has 1 aliphatic heterocycles. The zero-order chi connectivity index (χ0) is 13.2. The summed E-state index contributed by atoms with van der Waals surface area (Å²) in [5, 5.41) is 0.490. The van der Waals surface area contributed by atoms with Gasteiger partial charge in [-0.3, -0.25) is 4.79 Å². The molecule has 0 amide bonds. The van der Waals surface area contributed by atoms with Crippen molar-refractivity contribution in [1.29, 1.82) is 0 Å². The molecular weight excluding hydrogens is 276 g/mol. The number of carbonyl (C=O) groups is 1. The second kappa shape index (κ2) is 5.28. The Hall–Kier alpha value is -1.07. The molecule has 6 heteroatoms. The summed E-state index contributed by atoms with van der Waals surface area (Å²) in [6.07, 6.45) is 0.665. The average Bonchev–Trinajstić information content (AvgIpc) is 2.57. The normalized spacial score (nSPS) is 21.7. The maximum atomic E-state index is 11.6. The number of hydrogen-bond acceptors (Lipinski definition) is 4. The van der Waals surface area contributed by atoms with Gasteiger partial charge < -0.3 is 4.74 Å². The zero-order valence-corrected chi connectivity index (χ0v) is 11.2. The quantitative estimate of drug-likeness (QED) is 0.631. The smallest absolute Gasteiger partial charge is 0.311 e. The molecule has 1 fully saturated rings. The van der Waals surface area contributed by atoms with Gasteiger partial charge in [-0.1, -0.05) is 17.7 Å². The number of carbonyl (C=O) groups excluding carboxylic acids is 1. The zero-order valence-electron chi connectivity index (χ0n) is 9.63. The molecule has 0 spiro atoms. The highest BCUT2D eigenvalue weighted by Gasteiger charge is 2.29. The van der Waals surface area contributed by atoms with E-state index >= 15 is 0 Å². The van der Waals surface area contributed by atoms with Crippen LogP contribution in [0.15, 0.2) is 24.3 Å². The summed E-state index contributed by atoms with van der Waals surface area (Å²) < 4.78 is 27.6. The van der Waals surface area contributed by atoms with Gasteiger partial charge in [0, 0.05) is 11.4 Å². The molecule has 1 aromatic carbocycles. The van der Waals surface area contributed by atoms with Crippen molar-refractivity contribution in [3.8, 4) is 5.75 Å². The van der Waals surface area contributed by atoms with Gasteiger partial charge in [-0.25, -0.2) is 8.42 Å². The Morgan fingerprint density at radius 3 is 2.83 bits per heavy atom. The van der Waals surface area contributed by atoms with Crippen LogP contribution >= 0.6 is 11.6 Å². The van der Waals surface area contributed by atoms with Gasteiger partial charge in [-0.15, -0.1) is 0 Å². The predicted molar refractivity (Wildman–Crippen MR) is 68.5 cm³/mol. The second-order valence-electron chi connectivity index (χ2n) is 4.40. The third-order valence-corrected chi connectivity index (χ3v) is 4.88. The van der Waals surface area contributed by atoms with Crippen molar-refractivity contribution in [3.63, 3.8) is 0 Å². The summed E-state index contributed by atoms with van der Waals surface area (Å²) in [7, 11) is -2.95. The Kier molecular flexibility index (Phi) is 3.92. The summed E-state index contributed by atoms with van der Waals surface area (Å²) in [6.45, 7) is 0. The monoisotopic (exact) mass is 288 g/mol. The Morgan fingerprint density at radius 2 is 2.22 bits per heavy atom. The molecule has 4 nitrogen and oxygen atoms in total. The van der Waals surface area contributed by atoms with Crippen molar-refractivity contribution >= 4 is 27.4 Å². The molecule has 0 radical (unpaired) electrons. The lowest BCUT2D eigenvalue weighted by Crippen LogP contribution is -2.15. The lowest BCUT2D eigenvalue weighted by Gasteiger charge is -2.07. The van der Waals surface area contributed by atoms with Crippen molar-refractivity contribution < 1.29 is 17.9 Å². The molecule has 0 aliphatic carbocycles. The fourth-order valence-electron chi connectivity index (χ4n) is 1.97. The lowest BCUT2D eigenvalue weighted by atomic mass is 10.1. The molecule has 0 saturated carbocycles. The van der Waals surface area contributed by atoms with Crippen LogP contribution in [0.4, 0.5) is 0 Å². The van der Waals surface area contributed by atoms with Gasteiger partial charge in [0.25, 0.3) is 0 Å². The summed E-state index contributed by atoms with van der Waals surface area (Å²) in [5.41, 5.74) is 0. The fourth-order valence-corrected chi connectivity index (χ4v) is 4.01. The molecule has 1 unspecified atom stereocenters. The predicted octanol–water partition coefficient (Wildman–Crippen LogP) is 2.07. The van der Waals surface area contributed by atoms with E-state index in [9.17, 15) is 13.2 Å². The molecule has 0 bridgehead atoms. The molecule has 1 atom stereocenters. The molecule has 0 N–H and O–H groups in total. The van der Waals surface area contributed by atoms with Crippen LogP contribution in [-0.2, 0) is 14.6 Å². The van der Waals surface area contributed by atoms with Crippen LogP contribution in [0.25, 0.3) is 0 Å². The second-order valence-corrected chi connectivity index (χ2v) is 7.07. The van der Waals surface area contributed by atoms with E-state index < -0.39 is 15.8 Å². The van der Waals surface area contributed by atoms with E-state index in [1.165, 1.54) is 0 Å². The number of sulfone groups is 1. The van der Waals surface area contributed by atoms with E-state index in [0.29, 0.717) is 17.2 Å². The van der Waals surface area contributed by atoms with Crippen LogP contribution in [0, 0.1) is 5.92 Å². The van der Waals surface area contributed by atoms with E-state index in [-0.39, 0.29) is 23.8 Å². The van der Waals surface area contributed by atoms with Crippen LogP contribution in [0.1, 0.15) is 12.8 Å². The van der Waals surface area contributed by atoms with Crippen molar-refractivity contribution in [2.75, 3.05) is 11.5 Å². The van der Waals surface area contributed by atoms with Crippen molar-refractivity contribution in [2.45, 2.75) is 12.8 Å². The first kappa shape index (κ1) is 13.4. The maximum absolute atomic E-state index is 11.6. The Morgan fingerprint density at radius 1 is 1.44 bits per heavy atom. The van der Waals surface area contributed by atoms with Gasteiger partial charge in [0.2, 0.25) is 0 Å². The molecule has 1 heterocycles. The average molecular weight is 289 g/mol. The summed E-state index contributed by atoms with van der Waals surface area (Å²) in [5.74, 6) is 0.0918. The number of ether oxygens (including phenoxy) is 1. The fraction of sp³-hybridized carbons (Fsp3) is 0.417. The van der Waals surface area contributed by atoms with Crippen molar-refractivity contribution in [2.24, 2.45) is 5.92 Å². The highest BCUT2D eigenvalue weighted by molar-refractivity contribution is 7.91. The Labute approximate surface area is 111 Å². The SMILES string of the molecule is O=C(CC1CCS(=O)(=O)C1)Oc1cccc(Cl)c1.